The predicted octanol–water partition coefficient (Wildman–Crippen LogP) is 4.30. The molecule has 21 heavy (non-hydrogen) atoms. The summed E-state index contributed by atoms with van der Waals surface area (Å²) in [7, 11) is 1.88. The van der Waals surface area contributed by atoms with Crippen LogP contribution < -0.4 is 5.73 Å². The lowest BCUT2D eigenvalue weighted by atomic mass is 10.0. The van der Waals surface area contributed by atoms with Crippen molar-refractivity contribution in [2.24, 2.45) is 7.05 Å². The Labute approximate surface area is 131 Å². The second-order valence-electron chi connectivity index (χ2n) is 4.92. The molecule has 3 aromatic rings. The van der Waals surface area contributed by atoms with Crippen LogP contribution in [0, 0.1) is 0 Å². The van der Waals surface area contributed by atoms with Crippen molar-refractivity contribution in [2.75, 3.05) is 5.73 Å². The van der Waals surface area contributed by atoms with E-state index in [1.165, 1.54) is 0 Å². The van der Waals surface area contributed by atoms with Crippen LogP contribution in [0.15, 0.2) is 42.6 Å². The molecule has 0 radical (unpaired) electrons. The summed E-state index contributed by atoms with van der Waals surface area (Å²) in [6.07, 6.45) is 1.79. The number of hydrogen-bond donors (Lipinski definition) is 1. The van der Waals surface area contributed by atoms with Gasteiger partial charge in [-0.3, -0.25) is 4.79 Å². The number of benzene rings is 2. The molecular weight excluding hydrogens is 307 g/mol. The highest BCUT2D eigenvalue weighted by Gasteiger charge is 2.16. The van der Waals surface area contributed by atoms with Gasteiger partial charge in [-0.15, -0.1) is 0 Å². The molecule has 0 bridgehead atoms. The SMILES string of the molecule is Cn1cc(C(=O)c2cc(N)cc(Cl)c2)c2ccc(Cl)cc21. The zero-order valence-corrected chi connectivity index (χ0v) is 12.7. The van der Waals surface area contributed by atoms with Gasteiger partial charge >= 0.3 is 0 Å². The van der Waals surface area contributed by atoms with Crippen molar-refractivity contribution in [2.45, 2.75) is 0 Å². The van der Waals surface area contributed by atoms with Crippen LogP contribution in [-0.4, -0.2) is 10.4 Å². The number of nitrogens with zero attached hydrogens (tertiary/aromatic N) is 1. The molecule has 0 aliphatic carbocycles. The van der Waals surface area contributed by atoms with Crippen molar-refractivity contribution < 1.29 is 4.79 Å². The highest BCUT2D eigenvalue weighted by Crippen LogP contribution is 2.27. The van der Waals surface area contributed by atoms with Gasteiger partial charge in [0.15, 0.2) is 5.78 Å². The number of nitrogens with two attached hydrogens (primary N) is 1. The van der Waals surface area contributed by atoms with Gasteiger partial charge in [-0.2, -0.15) is 0 Å². The number of carbonyl (C=O) groups excluding carboxylic acids is 1. The number of fused-ring (bicyclic) bond motifs is 1. The quantitative estimate of drug-likeness (QED) is 0.565. The summed E-state index contributed by atoms with van der Waals surface area (Å²) in [6.45, 7) is 0. The van der Waals surface area contributed by atoms with E-state index in [1.807, 2.05) is 23.7 Å². The normalized spacial score (nSPS) is 11.0. The van der Waals surface area contributed by atoms with E-state index in [1.54, 1.807) is 30.5 Å². The van der Waals surface area contributed by atoms with Crippen LogP contribution in [0.2, 0.25) is 10.0 Å². The molecule has 3 nitrogen and oxygen atoms in total. The first-order valence-electron chi connectivity index (χ1n) is 6.31. The van der Waals surface area contributed by atoms with E-state index in [4.69, 9.17) is 28.9 Å². The first-order valence-corrected chi connectivity index (χ1v) is 7.06. The molecule has 2 aromatic carbocycles. The van der Waals surface area contributed by atoms with E-state index in [0.29, 0.717) is 26.9 Å². The van der Waals surface area contributed by atoms with Crippen LogP contribution in [0.3, 0.4) is 0 Å². The maximum Gasteiger partial charge on any atom is 0.195 e. The van der Waals surface area contributed by atoms with Gasteiger partial charge in [-0.25, -0.2) is 0 Å². The Morgan fingerprint density at radius 3 is 2.57 bits per heavy atom. The van der Waals surface area contributed by atoms with Crippen LogP contribution in [0.5, 0.6) is 0 Å². The highest BCUT2D eigenvalue weighted by molar-refractivity contribution is 6.32. The minimum atomic E-state index is -0.114. The Bertz CT molecular complexity index is 848. The van der Waals surface area contributed by atoms with Crippen LogP contribution in [-0.2, 0) is 7.05 Å². The fourth-order valence-electron chi connectivity index (χ4n) is 2.44. The van der Waals surface area contributed by atoms with Gasteiger partial charge in [0.05, 0.1) is 0 Å². The fraction of sp³-hybridized carbons (Fsp3) is 0.0625. The maximum absolute atomic E-state index is 12.7. The number of halogens is 2. The molecule has 0 saturated carbocycles. The number of ketones is 1. The Morgan fingerprint density at radius 1 is 1.10 bits per heavy atom. The predicted molar refractivity (Wildman–Crippen MR) is 87.2 cm³/mol. The van der Waals surface area contributed by atoms with E-state index < -0.39 is 0 Å². The number of aromatic nitrogens is 1. The van der Waals surface area contributed by atoms with Crippen LogP contribution in [0.4, 0.5) is 5.69 Å². The van der Waals surface area contributed by atoms with Gasteiger partial charge in [0.2, 0.25) is 0 Å². The van der Waals surface area contributed by atoms with E-state index >= 15 is 0 Å². The highest BCUT2D eigenvalue weighted by atomic mass is 35.5. The third kappa shape index (κ3) is 2.50. The number of carbonyl (C=O) groups is 1. The number of aryl methyl sites for hydroxylation is 1. The second-order valence-corrected chi connectivity index (χ2v) is 5.79. The lowest BCUT2D eigenvalue weighted by Gasteiger charge is -2.03. The Balaban J connectivity index is 2.18. The third-order valence-electron chi connectivity index (χ3n) is 3.38. The Hall–Kier alpha value is -1.97. The van der Waals surface area contributed by atoms with Crippen LogP contribution in [0.1, 0.15) is 15.9 Å². The minimum Gasteiger partial charge on any atom is -0.399 e. The van der Waals surface area contributed by atoms with Gasteiger partial charge in [0, 0.05) is 51.0 Å². The van der Waals surface area contributed by atoms with Gasteiger partial charge in [0.1, 0.15) is 0 Å². The molecule has 2 N–H and O–H groups in total. The van der Waals surface area contributed by atoms with Gasteiger partial charge in [-0.05, 0) is 30.3 Å². The molecule has 5 heteroatoms. The van der Waals surface area contributed by atoms with Crippen molar-refractivity contribution >= 4 is 45.6 Å². The number of rotatable bonds is 2. The van der Waals surface area contributed by atoms with E-state index in [9.17, 15) is 4.79 Å². The van der Waals surface area contributed by atoms with Crippen LogP contribution in [0.25, 0.3) is 10.9 Å². The largest absolute Gasteiger partial charge is 0.399 e. The topological polar surface area (TPSA) is 48.0 Å². The molecule has 106 valence electrons. The van der Waals surface area contributed by atoms with Crippen molar-refractivity contribution in [1.29, 1.82) is 0 Å². The summed E-state index contributed by atoms with van der Waals surface area (Å²) in [4.78, 5) is 12.7. The fourth-order valence-corrected chi connectivity index (χ4v) is 2.85. The lowest BCUT2D eigenvalue weighted by Crippen LogP contribution is -2.01. The molecule has 0 fully saturated rings. The average Bonchev–Trinajstić information content (AvgIpc) is 2.74. The maximum atomic E-state index is 12.7. The molecule has 0 atom stereocenters. The molecule has 1 aromatic heterocycles. The van der Waals surface area contributed by atoms with Crippen molar-refractivity contribution in [3.8, 4) is 0 Å². The molecule has 0 saturated heterocycles. The summed E-state index contributed by atoms with van der Waals surface area (Å²) in [5.74, 6) is -0.114. The first kappa shape index (κ1) is 14.0. The van der Waals surface area contributed by atoms with Gasteiger partial charge in [0.25, 0.3) is 0 Å². The molecular formula is C16H12Cl2N2O. The zero-order chi connectivity index (χ0) is 15.1. The van der Waals surface area contributed by atoms with Crippen LogP contribution >= 0.6 is 23.2 Å². The molecule has 3 rings (SSSR count). The van der Waals surface area contributed by atoms with Gasteiger partial charge < -0.3 is 10.3 Å². The molecule has 0 amide bonds. The molecule has 0 unspecified atom stereocenters. The number of anilines is 1. The standard InChI is InChI=1S/C16H12Cl2N2O/c1-20-8-14(13-3-2-10(17)7-15(13)20)16(21)9-4-11(18)6-12(19)5-9/h2-8H,19H2,1H3. The van der Waals surface area contributed by atoms with Crippen molar-refractivity contribution in [3.05, 3.63) is 63.8 Å². The summed E-state index contributed by atoms with van der Waals surface area (Å²) < 4.78 is 1.88. The second kappa shape index (κ2) is 5.10. The summed E-state index contributed by atoms with van der Waals surface area (Å²) >= 11 is 12.0. The molecule has 0 aliphatic heterocycles. The minimum absolute atomic E-state index is 0.114. The van der Waals surface area contributed by atoms with Crippen molar-refractivity contribution in [1.82, 2.24) is 4.57 Å². The van der Waals surface area contributed by atoms with Crippen molar-refractivity contribution in [3.63, 3.8) is 0 Å². The smallest absolute Gasteiger partial charge is 0.195 e. The van der Waals surface area contributed by atoms with Gasteiger partial charge in [-0.1, -0.05) is 29.3 Å². The number of hydrogen-bond acceptors (Lipinski definition) is 2. The number of nitrogen functional groups attached to an aromatic ring is 1. The van der Waals surface area contributed by atoms with E-state index in [0.717, 1.165) is 10.9 Å². The molecule has 0 spiro atoms. The average molecular weight is 319 g/mol. The van der Waals surface area contributed by atoms with E-state index in [2.05, 4.69) is 0 Å². The summed E-state index contributed by atoms with van der Waals surface area (Å²) in [5.41, 5.74) is 8.20. The zero-order valence-electron chi connectivity index (χ0n) is 11.2. The van der Waals surface area contributed by atoms with E-state index in [-0.39, 0.29) is 5.78 Å². The monoisotopic (exact) mass is 318 g/mol. The molecule has 0 aliphatic rings. The molecule has 1 heterocycles. The third-order valence-corrected chi connectivity index (χ3v) is 3.83. The Morgan fingerprint density at radius 2 is 1.86 bits per heavy atom. The summed E-state index contributed by atoms with van der Waals surface area (Å²) in [6, 6.07) is 10.3. The first-order chi connectivity index (χ1) is 9.95. The Kier molecular flexibility index (Phi) is 3.40. The lowest BCUT2D eigenvalue weighted by molar-refractivity contribution is 0.104. The summed E-state index contributed by atoms with van der Waals surface area (Å²) in [5, 5.41) is 1.93.